The first kappa shape index (κ1) is 10.7. The van der Waals surface area contributed by atoms with Crippen LogP contribution >= 0.6 is 12.2 Å². The van der Waals surface area contributed by atoms with Gasteiger partial charge >= 0.3 is 0 Å². The molecule has 0 aliphatic heterocycles. The van der Waals surface area contributed by atoms with E-state index in [1.165, 1.54) is 30.4 Å². The van der Waals surface area contributed by atoms with E-state index in [-0.39, 0.29) is 0 Å². The van der Waals surface area contributed by atoms with Crippen LogP contribution in [-0.4, -0.2) is 10.2 Å². The van der Waals surface area contributed by atoms with Crippen LogP contribution in [0.25, 0.3) is 11.3 Å². The van der Waals surface area contributed by atoms with E-state index < -0.39 is 0 Å². The molecule has 1 aromatic heterocycles. The first-order chi connectivity index (χ1) is 8.33. The zero-order chi connectivity index (χ0) is 11.7. The first-order valence-electron chi connectivity index (χ1n) is 5.99. The van der Waals surface area contributed by atoms with Crippen molar-refractivity contribution in [2.45, 2.75) is 25.2 Å². The highest BCUT2D eigenvalue weighted by Crippen LogP contribution is 2.37. The fourth-order valence-corrected chi connectivity index (χ4v) is 2.31. The van der Waals surface area contributed by atoms with Gasteiger partial charge in [0.05, 0.1) is 5.69 Å². The minimum absolute atomic E-state index is 0.670. The maximum Gasteiger partial charge on any atom is 0.119 e. The second-order valence-electron chi connectivity index (χ2n) is 4.56. The van der Waals surface area contributed by atoms with Crippen molar-refractivity contribution in [2.24, 2.45) is 0 Å². The van der Waals surface area contributed by atoms with Crippen LogP contribution < -0.4 is 0 Å². The Hall–Kier alpha value is -1.48. The summed E-state index contributed by atoms with van der Waals surface area (Å²) in [6.45, 7) is 0. The van der Waals surface area contributed by atoms with Crippen molar-refractivity contribution in [1.29, 1.82) is 0 Å². The van der Waals surface area contributed by atoms with Crippen molar-refractivity contribution in [2.75, 3.05) is 0 Å². The standard InChI is InChI=1S/C14H14N2S/c17-14-8-7-13(15-16-14)12-6-2-5-11(9-12)10-3-1-4-10/h2,5-10H,1,3-4H2,(H,16,17). The molecule has 1 aliphatic rings. The van der Waals surface area contributed by atoms with Crippen molar-refractivity contribution in [3.8, 4) is 11.3 Å². The van der Waals surface area contributed by atoms with Gasteiger partial charge in [-0.1, -0.05) is 36.8 Å². The highest BCUT2D eigenvalue weighted by atomic mass is 32.1. The SMILES string of the molecule is S=c1ccc(-c2cccc(C3CCC3)c2)n[nH]1. The molecule has 1 heterocycles. The number of rotatable bonds is 2. The molecule has 0 radical (unpaired) electrons. The Morgan fingerprint density at radius 3 is 2.71 bits per heavy atom. The quantitative estimate of drug-likeness (QED) is 0.804. The molecule has 17 heavy (non-hydrogen) atoms. The Morgan fingerprint density at radius 1 is 1.18 bits per heavy atom. The molecule has 1 N–H and O–H groups in total. The smallest absolute Gasteiger partial charge is 0.119 e. The van der Waals surface area contributed by atoms with Crippen molar-refractivity contribution in [3.05, 3.63) is 46.6 Å². The van der Waals surface area contributed by atoms with Crippen LogP contribution in [0.2, 0.25) is 0 Å². The van der Waals surface area contributed by atoms with Gasteiger partial charge in [-0.05, 0) is 42.5 Å². The Bertz CT molecular complexity index is 564. The zero-order valence-electron chi connectivity index (χ0n) is 9.52. The third kappa shape index (κ3) is 2.15. The number of aromatic amines is 1. The molecular formula is C14H14N2S. The third-order valence-corrected chi connectivity index (χ3v) is 3.67. The average molecular weight is 242 g/mol. The summed E-state index contributed by atoms with van der Waals surface area (Å²) in [6, 6.07) is 12.5. The maximum atomic E-state index is 5.00. The number of H-pyrrole nitrogens is 1. The molecule has 0 unspecified atom stereocenters. The van der Waals surface area contributed by atoms with E-state index in [1.807, 2.05) is 12.1 Å². The van der Waals surface area contributed by atoms with Gasteiger partial charge in [-0.15, -0.1) is 0 Å². The molecule has 0 amide bonds. The highest BCUT2D eigenvalue weighted by Gasteiger charge is 2.19. The minimum Gasteiger partial charge on any atom is -0.267 e. The van der Waals surface area contributed by atoms with Gasteiger partial charge < -0.3 is 0 Å². The highest BCUT2D eigenvalue weighted by molar-refractivity contribution is 7.71. The normalized spacial score (nSPS) is 15.5. The predicted octanol–water partition coefficient (Wildman–Crippen LogP) is 4.07. The van der Waals surface area contributed by atoms with E-state index in [1.54, 1.807) is 0 Å². The van der Waals surface area contributed by atoms with E-state index in [4.69, 9.17) is 12.2 Å². The summed E-state index contributed by atoms with van der Waals surface area (Å²) in [5, 5.41) is 7.10. The van der Waals surface area contributed by atoms with Crippen LogP contribution in [-0.2, 0) is 0 Å². The lowest BCUT2D eigenvalue weighted by Gasteiger charge is -2.26. The largest absolute Gasteiger partial charge is 0.267 e. The number of aromatic nitrogens is 2. The Morgan fingerprint density at radius 2 is 2.06 bits per heavy atom. The molecule has 0 atom stereocenters. The van der Waals surface area contributed by atoms with Crippen LogP contribution in [0.1, 0.15) is 30.7 Å². The van der Waals surface area contributed by atoms with Crippen LogP contribution in [0.5, 0.6) is 0 Å². The molecule has 3 rings (SSSR count). The summed E-state index contributed by atoms with van der Waals surface area (Å²) < 4.78 is 0.670. The van der Waals surface area contributed by atoms with Crippen LogP contribution in [0.4, 0.5) is 0 Å². The average Bonchev–Trinajstić information content (AvgIpc) is 2.28. The number of nitrogens with zero attached hydrogens (tertiary/aromatic N) is 1. The Labute approximate surface area is 106 Å². The first-order valence-corrected chi connectivity index (χ1v) is 6.40. The molecule has 1 aliphatic carbocycles. The van der Waals surface area contributed by atoms with E-state index in [0.717, 1.165) is 11.6 Å². The van der Waals surface area contributed by atoms with Gasteiger partial charge in [0, 0.05) is 5.56 Å². The molecule has 1 fully saturated rings. The second-order valence-corrected chi connectivity index (χ2v) is 5.00. The van der Waals surface area contributed by atoms with Crippen LogP contribution in [0, 0.1) is 4.64 Å². The van der Waals surface area contributed by atoms with Gasteiger partial charge in [0.2, 0.25) is 0 Å². The topological polar surface area (TPSA) is 28.7 Å². The molecule has 1 aromatic carbocycles. The number of benzene rings is 1. The van der Waals surface area contributed by atoms with Gasteiger partial charge in [-0.3, -0.25) is 5.10 Å². The van der Waals surface area contributed by atoms with E-state index in [2.05, 4.69) is 34.5 Å². The maximum absolute atomic E-state index is 5.00. The lowest BCUT2D eigenvalue weighted by molar-refractivity contribution is 0.420. The number of hydrogen-bond donors (Lipinski definition) is 1. The molecule has 3 heteroatoms. The van der Waals surface area contributed by atoms with E-state index in [9.17, 15) is 0 Å². The van der Waals surface area contributed by atoms with E-state index >= 15 is 0 Å². The summed E-state index contributed by atoms with van der Waals surface area (Å²) in [5.74, 6) is 0.761. The van der Waals surface area contributed by atoms with Crippen LogP contribution in [0.3, 0.4) is 0 Å². The predicted molar refractivity (Wildman–Crippen MR) is 71.4 cm³/mol. The molecule has 1 saturated carbocycles. The monoisotopic (exact) mass is 242 g/mol. The van der Waals surface area contributed by atoms with Crippen molar-refractivity contribution in [3.63, 3.8) is 0 Å². The Balaban J connectivity index is 1.97. The Kier molecular flexibility index (Phi) is 2.77. The molecule has 2 nitrogen and oxygen atoms in total. The van der Waals surface area contributed by atoms with Crippen molar-refractivity contribution < 1.29 is 0 Å². The van der Waals surface area contributed by atoms with Crippen LogP contribution in [0.15, 0.2) is 36.4 Å². The fourth-order valence-electron chi connectivity index (χ4n) is 2.20. The second kappa shape index (κ2) is 4.41. The minimum atomic E-state index is 0.670. The summed E-state index contributed by atoms with van der Waals surface area (Å²) >= 11 is 5.00. The summed E-state index contributed by atoms with van der Waals surface area (Å²) in [6.07, 6.45) is 4.02. The van der Waals surface area contributed by atoms with Gasteiger partial charge in [0.25, 0.3) is 0 Å². The van der Waals surface area contributed by atoms with Crippen molar-refractivity contribution >= 4 is 12.2 Å². The van der Waals surface area contributed by atoms with Gasteiger partial charge in [-0.2, -0.15) is 5.10 Å². The van der Waals surface area contributed by atoms with Crippen molar-refractivity contribution in [1.82, 2.24) is 10.2 Å². The molecule has 2 aromatic rings. The molecule has 0 saturated heterocycles. The summed E-state index contributed by atoms with van der Waals surface area (Å²) in [4.78, 5) is 0. The van der Waals surface area contributed by atoms with Gasteiger partial charge in [0.1, 0.15) is 4.64 Å². The van der Waals surface area contributed by atoms with Gasteiger partial charge in [-0.25, -0.2) is 0 Å². The zero-order valence-corrected chi connectivity index (χ0v) is 10.3. The molecule has 0 bridgehead atoms. The van der Waals surface area contributed by atoms with Gasteiger partial charge in [0.15, 0.2) is 0 Å². The van der Waals surface area contributed by atoms with E-state index in [0.29, 0.717) is 4.64 Å². The number of hydrogen-bond acceptors (Lipinski definition) is 2. The fraction of sp³-hybridized carbons (Fsp3) is 0.286. The number of nitrogens with one attached hydrogen (secondary N) is 1. The molecule has 86 valence electrons. The summed E-state index contributed by atoms with van der Waals surface area (Å²) in [5.41, 5.74) is 3.57. The molecule has 0 spiro atoms. The molecular weight excluding hydrogens is 228 g/mol. The third-order valence-electron chi connectivity index (χ3n) is 3.44. The lowest BCUT2D eigenvalue weighted by atomic mass is 9.79. The lowest BCUT2D eigenvalue weighted by Crippen LogP contribution is -2.08. The summed E-state index contributed by atoms with van der Waals surface area (Å²) in [7, 11) is 0.